The van der Waals surface area contributed by atoms with E-state index < -0.39 is 0 Å². The van der Waals surface area contributed by atoms with Crippen LogP contribution in [0, 0.1) is 11.3 Å². The van der Waals surface area contributed by atoms with Gasteiger partial charge in [0, 0.05) is 18.2 Å². The van der Waals surface area contributed by atoms with Crippen LogP contribution in [0.2, 0.25) is 0 Å². The van der Waals surface area contributed by atoms with Crippen LogP contribution < -0.4 is 0 Å². The quantitative estimate of drug-likeness (QED) is 0.263. The summed E-state index contributed by atoms with van der Waals surface area (Å²) in [5.41, 5.74) is 6.78. The van der Waals surface area contributed by atoms with Crippen molar-refractivity contribution in [2.45, 2.75) is 19.1 Å². The maximum Gasteiger partial charge on any atom is 0.0998 e. The van der Waals surface area contributed by atoms with Gasteiger partial charge in [-0.2, -0.15) is 5.26 Å². The monoisotopic (exact) mass is 446 g/mol. The van der Waals surface area contributed by atoms with E-state index in [4.69, 9.17) is 4.74 Å². The van der Waals surface area contributed by atoms with Crippen molar-refractivity contribution in [3.63, 3.8) is 0 Å². The van der Waals surface area contributed by atoms with Crippen molar-refractivity contribution in [2.75, 3.05) is 0 Å². The number of aromatic nitrogens is 1. The van der Waals surface area contributed by atoms with Crippen molar-refractivity contribution in [1.82, 2.24) is 4.98 Å². The number of benzene rings is 4. The largest absolute Gasteiger partial charge is 0.368 e. The molecular weight excluding hydrogens is 424 g/mol. The first-order chi connectivity index (χ1) is 16.3. The zero-order valence-electron chi connectivity index (χ0n) is 18.0. The van der Waals surface area contributed by atoms with Gasteiger partial charge in [0.1, 0.15) is 0 Å². The van der Waals surface area contributed by atoms with Gasteiger partial charge in [0.05, 0.1) is 34.7 Å². The molecule has 0 saturated heterocycles. The second kappa shape index (κ2) is 9.79. The van der Waals surface area contributed by atoms with Crippen LogP contribution in [0.1, 0.15) is 27.7 Å². The molecule has 0 saturated carbocycles. The number of rotatable bonds is 7. The van der Waals surface area contributed by atoms with Gasteiger partial charge in [-0.3, -0.25) is 4.98 Å². The average Bonchev–Trinajstić information content (AvgIpc) is 3.42. The maximum atomic E-state index is 9.76. The third-order valence-corrected chi connectivity index (χ3v) is 6.64. The zero-order valence-corrected chi connectivity index (χ0v) is 18.8. The van der Waals surface area contributed by atoms with Gasteiger partial charge in [0.2, 0.25) is 0 Å². The van der Waals surface area contributed by atoms with Crippen molar-refractivity contribution >= 4 is 22.1 Å². The fourth-order valence-electron chi connectivity index (χ4n) is 4.11. The topological polar surface area (TPSA) is 45.9 Å². The second-order valence-electron chi connectivity index (χ2n) is 7.91. The molecule has 0 N–H and O–H groups in total. The molecule has 0 spiro atoms. The number of thiazole rings is 1. The van der Waals surface area contributed by atoms with Gasteiger partial charge in [-0.25, -0.2) is 0 Å². The molecule has 5 aromatic rings. The molecule has 0 amide bonds. The minimum atomic E-state index is -0.0726. The number of fused-ring (bicyclic) bond motifs is 1. The Morgan fingerprint density at radius 2 is 1.67 bits per heavy atom. The van der Waals surface area contributed by atoms with Crippen molar-refractivity contribution in [3.8, 4) is 17.2 Å². The van der Waals surface area contributed by atoms with E-state index in [0.717, 1.165) is 38.8 Å². The Hall–Kier alpha value is -3.78. The summed E-state index contributed by atoms with van der Waals surface area (Å²) < 4.78 is 6.42. The van der Waals surface area contributed by atoms with Crippen LogP contribution in [0.4, 0.5) is 0 Å². The first kappa shape index (κ1) is 21.1. The highest BCUT2D eigenvalue weighted by atomic mass is 32.1. The Bertz CT molecular complexity index is 1400. The molecule has 0 bridgehead atoms. The molecule has 3 nitrogen and oxygen atoms in total. The van der Waals surface area contributed by atoms with Gasteiger partial charge in [0.25, 0.3) is 0 Å². The minimum Gasteiger partial charge on any atom is -0.368 e. The number of nitriles is 1. The van der Waals surface area contributed by atoms with E-state index in [9.17, 15) is 5.26 Å². The van der Waals surface area contributed by atoms with Gasteiger partial charge < -0.3 is 4.74 Å². The maximum absolute atomic E-state index is 9.76. The van der Waals surface area contributed by atoms with Crippen LogP contribution >= 0.6 is 11.3 Å². The van der Waals surface area contributed by atoms with Gasteiger partial charge in [-0.05, 0) is 39.6 Å². The molecule has 1 atom stereocenters. The van der Waals surface area contributed by atoms with Gasteiger partial charge in [-0.15, -0.1) is 11.3 Å². The van der Waals surface area contributed by atoms with E-state index in [1.165, 1.54) is 5.56 Å². The number of hydrogen-bond acceptors (Lipinski definition) is 4. The fourth-order valence-corrected chi connectivity index (χ4v) is 4.78. The van der Waals surface area contributed by atoms with E-state index in [1.807, 2.05) is 48.1 Å². The minimum absolute atomic E-state index is 0.0726. The van der Waals surface area contributed by atoms with E-state index >= 15 is 0 Å². The molecular formula is C29H22N2OS. The predicted octanol–water partition coefficient (Wildman–Crippen LogP) is 7.34. The van der Waals surface area contributed by atoms with E-state index in [0.29, 0.717) is 12.2 Å². The highest BCUT2D eigenvalue weighted by molar-refractivity contribution is 7.09. The highest BCUT2D eigenvalue weighted by Gasteiger charge is 2.16. The summed E-state index contributed by atoms with van der Waals surface area (Å²) in [6.45, 7) is 0.457. The lowest BCUT2D eigenvalue weighted by Crippen LogP contribution is -2.07. The molecule has 4 aromatic carbocycles. The molecule has 0 aliphatic rings. The summed E-state index contributed by atoms with van der Waals surface area (Å²) >= 11 is 1.61. The lowest BCUT2D eigenvalue weighted by atomic mass is 9.93. The fraction of sp³-hybridized carbons (Fsp3) is 0.103. The van der Waals surface area contributed by atoms with Crippen LogP contribution in [-0.2, 0) is 17.8 Å². The molecule has 5 rings (SSSR count). The van der Waals surface area contributed by atoms with E-state index in [1.54, 1.807) is 11.3 Å². The Kier molecular flexibility index (Phi) is 6.25. The third kappa shape index (κ3) is 4.70. The Labute approximate surface area is 197 Å². The van der Waals surface area contributed by atoms with E-state index in [2.05, 4.69) is 65.7 Å². The highest BCUT2D eigenvalue weighted by Crippen LogP contribution is 2.33. The number of nitrogens with zero attached hydrogens (tertiary/aromatic N) is 2. The third-order valence-electron chi connectivity index (χ3n) is 5.77. The van der Waals surface area contributed by atoms with Crippen LogP contribution in [0.5, 0.6) is 0 Å². The molecule has 1 unspecified atom stereocenters. The Morgan fingerprint density at radius 3 is 2.48 bits per heavy atom. The SMILES string of the molecule is N#Cc1ccc(COC(Cc2ccccc2)c2cncs2)cc1-c1cccc2ccccc12. The molecule has 0 radical (unpaired) electrons. The van der Waals surface area contributed by atoms with Gasteiger partial charge in [-0.1, -0.05) is 78.9 Å². The van der Waals surface area contributed by atoms with Crippen molar-refractivity contribution in [2.24, 2.45) is 0 Å². The zero-order chi connectivity index (χ0) is 22.5. The molecule has 0 fully saturated rings. The summed E-state index contributed by atoms with van der Waals surface area (Å²) in [5.74, 6) is 0. The summed E-state index contributed by atoms with van der Waals surface area (Å²) in [5, 5.41) is 12.1. The molecule has 33 heavy (non-hydrogen) atoms. The predicted molar refractivity (Wildman–Crippen MR) is 134 cm³/mol. The van der Waals surface area contributed by atoms with Gasteiger partial charge in [0.15, 0.2) is 0 Å². The summed E-state index contributed by atoms with van der Waals surface area (Å²) in [6, 6.07) is 33.2. The van der Waals surface area contributed by atoms with Crippen LogP contribution in [0.15, 0.2) is 103 Å². The smallest absolute Gasteiger partial charge is 0.0998 e. The average molecular weight is 447 g/mol. The molecule has 160 valence electrons. The van der Waals surface area contributed by atoms with Crippen LogP contribution in [0.25, 0.3) is 21.9 Å². The lowest BCUT2D eigenvalue weighted by molar-refractivity contribution is 0.0421. The summed E-state index contributed by atoms with van der Waals surface area (Å²) in [7, 11) is 0. The standard InChI is InChI=1S/C29H22N2OS/c30-17-24-14-13-22(15-27(24)26-12-6-10-23-9-4-5-11-25(23)26)19-32-28(29-18-31-20-33-29)16-21-7-2-1-3-8-21/h1-15,18,20,28H,16,19H2. The lowest BCUT2D eigenvalue weighted by Gasteiger charge is -2.17. The Balaban J connectivity index is 1.44. The van der Waals surface area contributed by atoms with Crippen molar-refractivity contribution in [3.05, 3.63) is 124 Å². The van der Waals surface area contributed by atoms with Crippen LogP contribution in [0.3, 0.4) is 0 Å². The molecule has 1 heterocycles. The summed E-state index contributed by atoms with van der Waals surface area (Å²) in [4.78, 5) is 5.36. The first-order valence-electron chi connectivity index (χ1n) is 10.9. The van der Waals surface area contributed by atoms with Gasteiger partial charge >= 0.3 is 0 Å². The summed E-state index contributed by atoms with van der Waals surface area (Å²) in [6.07, 6.45) is 2.60. The van der Waals surface area contributed by atoms with Crippen LogP contribution in [-0.4, -0.2) is 4.98 Å². The molecule has 0 aliphatic carbocycles. The second-order valence-corrected chi connectivity index (χ2v) is 8.83. The molecule has 0 aliphatic heterocycles. The first-order valence-corrected chi connectivity index (χ1v) is 11.7. The van der Waals surface area contributed by atoms with Crippen molar-refractivity contribution in [1.29, 1.82) is 5.26 Å². The Morgan fingerprint density at radius 1 is 0.848 bits per heavy atom. The number of ether oxygens (including phenoxy) is 1. The molecule has 1 aromatic heterocycles. The molecule has 4 heteroatoms. The van der Waals surface area contributed by atoms with E-state index in [-0.39, 0.29) is 6.10 Å². The number of hydrogen-bond donors (Lipinski definition) is 0. The normalized spacial score (nSPS) is 11.8. The van der Waals surface area contributed by atoms with Crippen molar-refractivity contribution < 1.29 is 4.74 Å².